The van der Waals surface area contributed by atoms with Gasteiger partial charge in [-0.25, -0.2) is 9.07 Å². The van der Waals surface area contributed by atoms with E-state index in [1.54, 1.807) is 16.8 Å². The summed E-state index contributed by atoms with van der Waals surface area (Å²) in [5.74, 6) is 1.53. The van der Waals surface area contributed by atoms with Crippen molar-refractivity contribution >= 4 is 12.2 Å². The van der Waals surface area contributed by atoms with E-state index in [0.29, 0.717) is 30.6 Å². The second-order valence-corrected chi connectivity index (χ2v) is 6.37. The molecule has 0 aliphatic carbocycles. The minimum atomic E-state index is -0.247. The molecule has 4 rings (SSSR count). The normalized spacial score (nSPS) is 12.7. The highest BCUT2D eigenvalue weighted by Crippen LogP contribution is 2.35. The Morgan fingerprint density at radius 3 is 2.73 bits per heavy atom. The maximum atomic E-state index is 13.0. The molecule has 134 valence electrons. The summed E-state index contributed by atoms with van der Waals surface area (Å²) < 4.78 is 30.9. The quantitative estimate of drug-likeness (QED) is 0.634. The molecule has 1 aliphatic rings. The predicted octanol–water partition coefficient (Wildman–Crippen LogP) is 3.83. The molecule has 26 heavy (non-hydrogen) atoms. The number of fused-ring (bicyclic) bond motifs is 1. The van der Waals surface area contributed by atoms with Crippen LogP contribution in [-0.4, -0.2) is 28.5 Å². The van der Waals surface area contributed by atoms with Gasteiger partial charge in [-0.1, -0.05) is 12.1 Å². The lowest BCUT2D eigenvalue weighted by atomic mass is 10.2. The molecular formula is C18H16FN3O3S. The van der Waals surface area contributed by atoms with Gasteiger partial charge >= 0.3 is 0 Å². The largest absolute Gasteiger partial charge is 0.454 e. The minimum absolute atomic E-state index is 0.213. The monoisotopic (exact) mass is 373 g/mol. The predicted molar refractivity (Wildman–Crippen MR) is 94.8 cm³/mol. The first-order valence-corrected chi connectivity index (χ1v) is 8.40. The molecule has 0 fully saturated rings. The minimum Gasteiger partial charge on any atom is -0.454 e. The molecule has 0 unspecified atom stereocenters. The molecule has 2 aromatic carbocycles. The van der Waals surface area contributed by atoms with E-state index in [-0.39, 0.29) is 17.4 Å². The van der Waals surface area contributed by atoms with E-state index in [1.165, 1.54) is 12.1 Å². The van der Waals surface area contributed by atoms with Gasteiger partial charge in [0.25, 0.3) is 4.84 Å². The zero-order valence-electron chi connectivity index (χ0n) is 14.0. The smallest absolute Gasteiger partial charge is 0.288 e. The first kappa shape index (κ1) is 16.7. The van der Waals surface area contributed by atoms with Gasteiger partial charge in [-0.3, -0.25) is 4.90 Å². The van der Waals surface area contributed by atoms with Crippen molar-refractivity contribution in [3.8, 4) is 23.0 Å². The van der Waals surface area contributed by atoms with Crippen LogP contribution in [0.15, 0.2) is 46.9 Å². The number of ether oxygens (including phenoxy) is 2. The van der Waals surface area contributed by atoms with Crippen molar-refractivity contribution in [1.29, 1.82) is 0 Å². The highest BCUT2D eigenvalue weighted by molar-refractivity contribution is 7.71. The van der Waals surface area contributed by atoms with Crippen molar-refractivity contribution in [2.45, 2.75) is 13.2 Å². The standard InChI is InChI=1S/C18H16FN3O3S/c1-21(9-12-2-5-14(19)6-3-12)10-22-18(26)25-17(20-22)13-4-7-15-16(8-13)24-11-23-15/h2-8H,9-11H2,1H3. The van der Waals surface area contributed by atoms with E-state index < -0.39 is 0 Å². The zero-order valence-corrected chi connectivity index (χ0v) is 14.8. The molecule has 1 aliphatic heterocycles. The molecule has 0 N–H and O–H groups in total. The summed E-state index contributed by atoms with van der Waals surface area (Å²) in [5, 5.41) is 4.45. The van der Waals surface area contributed by atoms with E-state index in [2.05, 4.69) is 5.10 Å². The van der Waals surface area contributed by atoms with Crippen LogP contribution in [0.5, 0.6) is 11.5 Å². The number of hydrogen-bond donors (Lipinski definition) is 0. The van der Waals surface area contributed by atoms with Gasteiger partial charge in [0.15, 0.2) is 11.5 Å². The van der Waals surface area contributed by atoms with Gasteiger partial charge in [0.1, 0.15) is 5.82 Å². The number of benzene rings is 2. The van der Waals surface area contributed by atoms with Crippen LogP contribution >= 0.6 is 12.2 Å². The Hall–Kier alpha value is -2.71. The van der Waals surface area contributed by atoms with E-state index in [0.717, 1.165) is 11.1 Å². The summed E-state index contributed by atoms with van der Waals surface area (Å²) in [7, 11) is 1.93. The molecule has 0 saturated heterocycles. The Morgan fingerprint density at radius 2 is 1.92 bits per heavy atom. The van der Waals surface area contributed by atoms with Crippen LogP contribution in [0.3, 0.4) is 0 Å². The third kappa shape index (κ3) is 3.47. The van der Waals surface area contributed by atoms with Gasteiger partial charge in [-0.15, -0.1) is 5.10 Å². The van der Waals surface area contributed by atoms with Crippen molar-refractivity contribution < 1.29 is 18.3 Å². The number of aromatic nitrogens is 2. The first-order valence-electron chi connectivity index (χ1n) is 7.99. The van der Waals surface area contributed by atoms with Crippen molar-refractivity contribution in [3.05, 3.63) is 58.7 Å². The fraction of sp³-hybridized carbons (Fsp3) is 0.222. The van der Waals surface area contributed by atoms with E-state index in [4.69, 9.17) is 26.1 Å². The fourth-order valence-electron chi connectivity index (χ4n) is 2.72. The second kappa shape index (κ2) is 6.89. The third-order valence-electron chi connectivity index (χ3n) is 3.97. The first-order chi connectivity index (χ1) is 12.6. The topological polar surface area (TPSA) is 52.7 Å². The fourth-order valence-corrected chi connectivity index (χ4v) is 2.90. The van der Waals surface area contributed by atoms with E-state index in [9.17, 15) is 4.39 Å². The van der Waals surface area contributed by atoms with Gasteiger partial charge in [0.2, 0.25) is 12.7 Å². The molecular weight excluding hydrogens is 357 g/mol. The summed E-state index contributed by atoms with van der Waals surface area (Å²) >= 11 is 5.27. The summed E-state index contributed by atoms with van der Waals surface area (Å²) in [4.78, 5) is 2.29. The SMILES string of the molecule is CN(Cc1ccc(F)cc1)Cn1nc(-c2ccc3c(c2)OCO3)oc1=S. The zero-order chi connectivity index (χ0) is 18.1. The number of rotatable bonds is 5. The molecule has 1 aromatic heterocycles. The molecule has 0 bridgehead atoms. The molecule has 0 radical (unpaired) electrons. The van der Waals surface area contributed by atoms with Crippen molar-refractivity contribution in [2.75, 3.05) is 13.8 Å². The van der Waals surface area contributed by atoms with Gasteiger partial charge < -0.3 is 13.9 Å². The second-order valence-electron chi connectivity index (χ2n) is 6.02. The molecule has 2 heterocycles. The molecule has 0 atom stereocenters. The van der Waals surface area contributed by atoms with Crippen molar-refractivity contribution in [3.63, 3.8) is 0 Å². The lowest BCUT2D eigenvalue weighted by Crippen LogP contribution is -2.22. The number of hydrogen-bond acceptors (Lipinski definition) is 6. The molecule has 8 heteroatoms. The molecule has 0 spiro atoms. The van der Waals surface area contributed by atoms with Crippen molar-refractivity contribution in [1.82, 2.24) is 14.7 Å². The van der Waals surface area contributed by atoms with E-state index >= 15 is 0 Å². The van der Waals surface area contributed by atoms with Crippen LogP contribution in [0.4, 0.5) is 4.39 Å². The van der Waals surface area contributed by atoms with Crippen LogP contribution < -0.4 is 9.47 Å². The Morgan fingerprint density at radius 1 is 1.15 bits per heavy atom. The van der Waals surface area contributed by atoms with Crippen LogP contribution in [-0.2, 0) is 13.2 Å². The highest BCUT2D eigenvalue weighted by atomic mass is 32.1. The average Bonchev–Trinajstić information content (AvgIpc) is 3.23. The summed E-state index contributed by atoms with van der Waals surface area (Å²) in [6.45, 7) is 1.30. The molecule has 0 amide bonds. The van der Waals surface area contributed by atoms with Crippen LogP contribution in [0.2, 0.25) is 0 Å². The van der Waals surface area contributed by atoms with Gasteiger partial charge in [-0.05, 0) is 55.2 Å². The maximum absolute atomic E-state index is 13.0. The third-order valence-corrected chi connectivity index (χ3v) is 4.26. The Balaban J connectivity index is 1.49. The van der Waals surface area contributed by atoms with E-state index in [1.807, 2.05) is 30.1 Å². The van der Waals surface area contributed by atoms with Crippen molar-refractivity contribution in [2.24, 2.45) is 0 Å². The van der Waals surface area contributed by atoms with Gasteiger partial charge in [0.05, 0.1) is 6.67 Å². The average molecular weight is 373 g/mol. The maximum Gasteiger partial charge on any atom is 0.288 e. The molecule has 0 saturated carbocycles. The summed E-state index contributed by atoms with van der Waals surface area (Å²) in [6, 6.07) is 11.9. The number of nitrogens with zero attached hydrogens (tertiary/aromatic N) is 3. The van der Waals surface area contributed by atoms with Gasteiger partial charge in [-0.2, -0.15) is 0 Å². The molecule has 6 nitrogen and oxygen atoms in total. The Bertz CT molecular complexity index is 984. The Labute approximate surface area is 154 Å². The van der Waals surface area contributed by atoms with Crippen LogP contribution in [0, 0.1) is 10.7 Å². The molecule has 3 aromatic rings. The lowest BCUT2D eigenvalue weighted by molar-refractivity contribution is 0.174. The Kier molecular flexibility index (Phi) is 4.44. The summed E-state index contributed by atoms with van der Waals surface area (Å²) in [6.07, 6.45) is 0. The number of halogens is 1. The van der Waals surface area contributed by atoms with Crippen LogP contribution in [0.1, 0.15) is 5.56 Å². The van der Waals surface area contributed by atoms with Crippen LogP contribution in [0.25, 0.3) is 11.5 Å². The summed E-state index contributed by atoms with van der Waals surface area (Å²) in [5.41, 5.74) is 1.76. The van der Waals surface area contributed by atoms with Gasteiger partial charge in [0, 0.05) is 12.1 Å². The lowest BCUT2D eigenvalue weighted by Gasteiger charge is -2.15. The highest BCUT2D eigenvalue weighted by Gasteiger charge is 2.17.